The quantitative estimate of drug-likeness (QED) is 0.756. The molecule has 0 bridgehead atoms. The number of aliphatic imine (C=N–C) groups is 1. The fourth-order valence-corrected chi connectivity index (χ4v) is 3.91. The second kappa shape index (κ2) is 7.87. The van der Waals surface area contributed by atoms with E-state index in [9.17, 15) is 9.59 Å². The van der Waals surface area contributed by atoms with Crippen LogP contribution in [0, 0.1) is 0 Å². The molecule has 4 rings (SSSR count). The summed E-state index contributed by atoms with van der Waals surface area (Å²) in [5.41, 5.74) is 1.10. The van der Waals surface area contributed by atoms with Crippen LogP contribution in [0.2, 0.25) is 0 Å². The van der Waals surface area contributed by atoms with Gasteiger partial charge in [0.1, 0.15) is 0 Å². The Balaban J connectivity index is 1.74. The molecule has 1 N–H and O–H groups in total. The summed E-state index contributed by atoms with van der Waals surface area (Å²) in [4.78, 5) is 34.9. The van der Waals surface area contributed by atoms with Gasteiger partial charge >= 0.3 is 12.0 Å². The number of guanidine groups is 1. The van der Waals surface area contributed by atoms with Gasteiger partial charge in [0.2, 0.25) is 11.9 Å². The van der Waals surface area contributed by atoms with Crippen molar-refractivity contribution < 1.29 is 14.2 Å². The van der Waals surface area contributed by atoms with E-state index in [1.165, 1.54) is 16.8 Å². The van der Waals surface area contributed by atoms with Gasteiger partial charge in [-0.1, -0.05) is 47.5 Å². The number of hydrogen-bond donors (Lipinski definition) is 1. The third-order valence-corrected chi connectivity index (χ3v) is 5.59. The minimum atomic E-state index is -0.626. The third kappa shape index (κ3) is 3.43. The average molecular weight is 407 g/mol. The highest BCUT2D eigenvalue weighted by Crippen LogP contribution is 2.23. The van der Waals surface area contributed by atoms with Crippen molar-refractivity contribution in [2.45, 2.75) is 12.6 Å². The molecule has 3 amide bonds. The number of carbonyl (C=O) groups excluding carboxylic acids is 2. The predicted molar refractivity (Wildman–Crippen MR) is 117 cm³/mol. The molecule has 1 unspecified atom stereocenters. The lowest BCUT2D eigenvalue weighted by Gasteiger charge is -2.31. The van der Waals surface area contributed by atoms with Gasteiger partial charge in [-0.2, -0.15) is 0 Å². The van der Waals surface area contributed by atoms with Gasteiger partial charge in [0, 0.05) is 20.6 Å². The monoisotopic (exact) mass is 407 g/mol. The van der Waals surface area contributed by atoms with Crippen molar-refractivity contribution in [3.63, 3.8) is 0 Å². The zero-order valence-electron chi connectivity index (χ0n) is 17.8. The second-order valence-electron chi connectivity index (χ2n) is 7.93. The van der Waals surface area contributed by atoms with Gasteiger partial charge in [0.15, 0.2) is 0 Å². The largest absolute Gasteiger partial charge is 0.390 e. The Hall–Kier alpha value is -3.26. The predicted octanol–water partition coefficient (Wildman–Crippen LogP) is 1.16. The third-order valence-electron chi connectivity index (χ3n) is 5.59. The molecule has 0 aromatic heterocycles. The minimum Gasteiger partial charge on any atom is -0.306 e. The first-order valence-electron chi connectivity index (χ1n) is 10.0. The van der Waals surface area contributed by atoms with Crippen LogP contribution in [-0.2, 0) is 11.3 Å². The van der Waals surface area contributed by atoms with E-state index in [4.69, 9.17) is 0 Å². The smallest absolute Gasteiger partial charge is 0.306 e. The zero-order chi connectivity index (χ0) is 21.4. The standard InChI is InChI=1S/C22H26N6O2/c1-25(2)13-12-23-21-24-19-18(20(29)27(4)22(30)26(19)3)28(21)14-16-10-7-9-15-8-5-6-11-17(15)16/h5-11,18H,12-14H2,1-4H3/p+1. The molecule has 0 saturated carbocycles. The Morgan fingerprint density at radius 1 is 1.07 bits per heavy atom. The van der Waals surface area contributed by atoms with E-state index in [-0.39, 0.29) is 11.9 Å². The summed E-state index contributed by atoms with van der Waals surface area (Å²) in [5.74, 6) is 0.824. The van der Waals surface area contributed by atoms with Crippen LogP contribution in [0.15, 0.2) is 47.5 Å². The van der Waals surface area contributed by atoms with Crippen LogP contribution in [0.4, 0.5) is 4.79 Å². The molecule has 0 aliphatic carbocycles. The number of carbonyl (C=O) groups is 2. The molecule has 1 saturated heterocycles. The van der Waals surface area contributed by atoms with Crippen molar-refractivity contribution in [1.29, 1.82) is 0 Å². The summed E-state index contributed by atoms with van der Waals surface area (Å²) >= 11 is 0. The zero-order valence-corrected chi connectivity index (χ0v) is 17.8. The summed E-state index contributed by atoms with van der Waals surface area (Å²) in [7, 11) is 7.19. The fourth-order valence-electron chi connectivity index (χ4n) is 3.91. The molecule has 8 heteroatoms. The Labute approximate surface area is 176 Å². The maximum atomic E-state index is 13.1. The van der Waals surface area contributed by atoms with E-state index in [0.29, 0.717) is 24.9 Å². The molecule has 1 fully saturated rings. The number of rotatable bonds is 5. The number of amides is 3. The number of amidine groups is 1. The summed E-state index contributed by atoms with van der Waals surface area (Å²) in [6.07, 6.45) is 0. The molecule has 8 nitrogen and oxygen atoms in total. The highest BCUT2D eigenvalue weighted by atomic mass is 16.2. The number of fused-ring (bicyclic) bond motifs is 2. The van der Waals surface area contributed by atoms with Gasteiger partial charge in [-0.25, -0.2) is 9.37 Å². The molecule has 0 radical (unpaired) electrons. The van der Waals surface area contributed by atoms with Crippen molar-refractivity contribution in [3.8, 4) is 0 Å². The van der Waals surface area contributed by atoms with Crippen LogP contribution in [0.5, 0.6) is 0 Å². The molecular formula is C22H27N6O2+. The maximum Gasteiger partial charge on any atom is 0.390 e. The van der Waals surface area contributed by atoms with Gasteiger partial charge in [0.25, 0.3) is 5.91 Å². The molecule has 2 aliphatic heterocycles. The van der Waals surface area contributed by atoms with Crippen LogP contribution in [0.1, 0.15) is 5.56 Å². The van der Waals surface area contributed by atoms with E-state index in [0.717, 1.165) is 22.9 Å². The van der Waals surface area contributed by atoms with E-state index in [2.05, 4.69) is 39.5 Å². The molecule has 0 spiro atoms. The Morgan fingerprint density at radius 2 is 1.80 bits per heavy atom. The number of nitrogens with zero attached hydrogens (tertiary/aromatic N) is 5. The topological polar surface area (TPSA) is 71.3 Å². The van der Waals surface area contributed by atoms with Crippen molar-refractivity contribution >= 4 is 34.5 Å². The number of nitrogens with one attached hydrogen (secondary N) is 1. The molecule has 2 heterocycles. The van der Waals surface area contributed by atoms with Gasteiger partial charge in [-0.3, -0.25) is 19.9 Å². The van der Waals surface area contributed by atoms with Crippen molar-refractivity contribution in [2.75, 3.05) is 41.3 Å². The van der Waals surface area contributed by atoms with E-state index in [1.807, 2.05) is 36.9 Å². The van der Waals surface area contributed by atoms with Crippen LogP contribution in [0.25, 0.3) is 10.8 Å². The number of urea groups is 1. The Morgan fingerprint density at radius 3 is 2.57 bits per heavy atom. The molecule has 30 heavy (non-hydrogen) atoms. The summed E-state index contributed by atoms with van der Waals surface area (Å²) < 4.78 is 1.97. The van der Waals surface area contributed by atoms with Crippen LogP contribution >= 0.6 is 0 Å². The second-order valence-corrected chi connectivity index (χ2v) is 7.93. The fraction of sp³-hybridized carbons (Fsp3) is 0.364. The lowest BCUT2D eigenvalue weighted by atomic mass is 10.0. The SMILES string of the molecule is CN(C)CCNC1=[N+](Cc2cccc3ccccc23)C2C(=O)N(C)C(=O)N(C)C2=N1. The summed E-state index contributed by atoms with van der Waals surface area (Å²) in [6, 6.07) is 13.4. The average Bonchev–Trinajstić information content (AvgIpc) is 3.09. The first-order valence-corrected chi connectivity index (χ1v) is 10.0. The molecule has 2 aliphatic rings. The Kier molecular flexibility index (Phi) is 5.26. The lowest BCUT2D eigenvalue weighted by Crippen LogP contribution is -2.61. The molecule has 2 aromatic rings. The number of likely N-dealkylation sites (N-methyl/N-ethyl adjacent to an activating group) is 3. The van der Waals surface area contributed by atoms with Gasteiger partial charge < -0.3 is 4.90 Å². The molecule has 2 aromatic carbocycles. The Bertz CT molecular complexity index is 1070. The van der Waals surface area contributed by atoms with Crippen molar-refractivity contribution in [3.05, 3.63) is 48.0 Å². The van der Waals surface area contributed by atoms with E-state index < -0.39 is 6.04 Å². The van der Waals surface area contributed by atoms with Crippen LogP contribution in [-0.4, -0.2) is 90.3 Å². The summed E-state index contributed by atoms with van der Waals surface area (Å²) in [6.45, 7) is 2.01. The van der Waals surface area contributed by atoms with Crippen LogP contribution in [0.3, 0.4) is 0 Å². The van der Waals surface area contributed by atoms with Crippen molar-refractivity contribution in [2.24, 2.45) is 4.99 Å². The highest BCUT2D eigenvalue weighted by molar-refractivity contribution is 6.22. The number of imide groups is 1. The van der Waals surface area contributed by atoms with Gasteiger partial charge in [-0.15, -0.1) is 0 Å². The molecule has 1 atom stereocenters. The molecule has 156 valence electrons. The number of benzene rings is 2. The van der Waals surface area contributed by atoms with Crippen molar-refractivity contribution in [1.82, 2.24) is 20.0 Å². The minimum absolute atomic E-state index is 0.263. The lowest BCUT2D eigenvalue weighted by molar-refractivity contribution is -0.552. The highest BCUT2D eigenvalue weighted by Gasteiger charge is 2.51. The van der Waals surface area contributed by atoms with E-state index >= 15 is 0 Å². The maximum absolute atomic E-state index is 13.1. The number of hydrogen-bond acceptors (Lipinski definition) is 5. The summed E-state index contributed by atoms with van der Waals surface area (Å²) in [5, 5.41) is 5.65. The van der Waals surface area contributed by atoms with Crippen LogP contribution < -0.4 is 5.32 Å². The first-order chi connectivity index (χ1) is 14.4. The molecular weight excluding hydrogens is 380 g/mol. The normalized spacial score (nSPS) is 19.1. The van der Waals surface area contributed by atoms with E-state index in [1.54, 1.807) is 7.05 Å². The first kappa shape index (κ1) is 20.0. The van der Waals surface area contributed by atoms with Gasteiger partial charge in [-0.05, 0) is 30.4 Å². The van der Waals surface area contributed by atoms with Gasteiger partial charge in [0.05, 0.1) is 13.1 Å².